The highest BCUT2D eigenvalue weighted by atomic mass is 16.5. The number of hydrogen-bond acceptors (Lipinski definition) is 3. The van der Waals surface area contributed by atoms with Crippen molar-refractivity contribution in [2.24, 2.45) is 11.7 Å². The summed E-state index contributed by atoms with van der Waals surface area (Å²) >= 11 is 0. The van der Waals surface area contributed by atoms with Crippen LogP contribution < -0.4 is 10.5 Å². The van der Waals surface area contributed by atoms with E-state index in [1.54, 1.807) is 7.11 Å². The van der Waals surface area contributed by atoms with Gasteiger partial charge in [0.1, 0.15) is 12.4 Å². The third-order valence-corrected chi connectivity index (χ3v) is 4.13. The quantitative estimate of drug-likeness (QED) is 0.830. The first-order valence-corrected chi connectivity index (χ1v) is 7.16. The predicted octanol–water partition coefficient (Wildman–Crippen LogP) is 3.08. The summed E-state index contributed by atoms with van der Waals surface area (Å²) in [4.78, 5) is 0. The number of rotatable bonds is 5. The summed E-state index contributed by atoms with van der Waals surface area (Å²) in [5, 5.41) is 0. The van der Waals surface area contributed by atoms with Crippen LogP contribution in [0, 0.1) is 5.92 Å². The molecule has 0 amide bonds. The van der Waals surface area contributed by atoms with E-state index < -0.39 is 0 Å². The summed E-state index contributed by atoms with van der Waals surface area (Å²) in [5.74, 6) is 1.70. The Morgan fingerprint density at radius 2 is 1.89 bits per heavy atom. The summed E-state index contributed by atoms with van der Waals surface area (Å²) in [7, 11) is 1.68. The Morgan fingerprint density at radius 3 is 2.58 bits per heavy atom. The Bertz CT molecular complexity index is 397. The molecule has 1 aliphatic carbocycles. The fourth-order valence-corrected chi connectivity index (χ4v) is 2.79. The third kappa shape index (κ3) is 3.48. The van der Waals surface area contributed by atoms with Gasteiger partial charge in [0.05, 0.1) is 6.61 Å². The summed E-state index contributed by atoms with van der Waals surface area (Å²) < 4.78 is 10.8. The molecule has 1 aromatic carbocycles. The molecular weight excluding hydrogens is 238 g/mol. The highest BCUT2D eigenvalue weighted by Crippen LogP contribution is 2.40. The molecule has 0 unspecified atom stereocenters. The molecule has 0 spiro atoms. The lowest BCUT2D eigenvalue weighted by molar-refractivity contribution is 0.143. The van der Waals surface area contributed by atoms with Crippen molar-refractivity contribution in [1.82, 2.24) is 0 Å². The smallest absolute Gasteiger partial charge is 0.124 e. The minimum absolute atomic E-state index is 0.226. The van der Waals surface area contributed by atoms with Gasteiger partial charge in [-0.3, -0.25) is 0 Å². The van der Waals surface area contributed by atoms with Crippen molar-refractivity contribution >= 4 is 0 Å². The van der Waals surface area contributed by atoms with Crippen LogP contribution in [0.25, 0.3) is 0 Å². The van der Waals surface area contributed by atoms with Gasteiger partial charge in [0.2, 0.25) is 0 Å². The predicted molar refractivity (Wildman–Crippen MR) is 77.3 cm³/mol. The number of methoxy groups -OCH3 is 1. The molecule has 3 heteroatoms. The van der Waals surface area contributed by atoms with Gasteiger partial charge in [-0.05, 0) is 37.7 Å². The maximum atomic E-state index is 6.64. The second kappa shape index (κ2) is 6.40. The second-order valence-electron chi connectivity index (χ2n) is 5.68. The van der Waals surface area contributed by atoms with Crippen molar-refractivity contribution < 1.29 is 9.47 Å². The van der Waals surface area contributed by atoms with Gasteiger partial charge in [-0.15, -0.1) is 0 Å². The van der Waals surface area contributed by atoms with Crippen LogP contribution in [0.1, 0.15) is 38.2 Å². The molecule has 0 radical (unpaired) electrons. The van der Waals surface area contributed by atoms with E-state index in [1.807, 2.05) is 18.2 Å². The van der Waals surface area contributed by atoms with E-state index in [2.05, 4.69) is 13.0 Å². The van der Waals surface area contributed by atoms with E-state index in [0.717, 1.165) is 30.1 Å². The van der Waals surface area contributed by atoms with Gasteiger partial charge in [-0.2, -0.15) is 0 Å². The van der Waals surface area contributed by atoms with E-state index >= 15 is 0 Å². The molecule has 0 atom stereocenters. The second-order valence-corrected chi connectivity index (χ2v) is 5.68. The van der Waals surface area contributed by atoms with Gasteiger partial charge in [0.25, 0.3) is 0 Å². The summed E-state index contributed by atoms with van der Waals surface area (Å²) in [6.07, 6.45) is 4.48. The first-order valence-electron chi connectivity index (χ1n) is 7.16. The zero-order valence-electron chi connectivity index (χ0n) is 12.0. The fraction of sp³-hybridized carbons (Fsp3) is 0.625. The molecule has 3 nitrogen and oxygen atoms in total. The van der Waals surface area contributed by atoms with Crippen LogP contribution in [0.5, 0.6) is 5.75 Å². The van der Waals surface area contributed by atoms with Crippen LogP contribution in [0.3, 0.4) is 0 Å². The van der Waals surface area contributed by atoms with Gasteiger partial charge in [-0.1, -0.05) is 25.1 Å². The van der Waals surface area contributed by atoms with Crippen LogP contribution in [-0.4, -0.2) is 20.3 Å². The Balaban J connectivity index is 2.14. The molecule has 2 rings (SSSR count). The van der Waals surface area contributed by atoms with Crippen molar-refractivity contribution in [2.75, 3.05) is 20.3 Å². The molecule has 0 saturated heterocycles. The number of benzene rings is 1. The normalized spacial score (nSPS) is 27.2. The third-order valence-electron chi connectivity index (χ3n) is 4.13. The SMILES string of the molecule is COCCOc1ccccc1C1(N)CCC(C)CC1. The molecule has 1 fully saturated rings. The molecule has 1 aliphatic rings. The van der Waals surface area contributed by atoms with E-state index in [9.17, 15) is 0 Å². The largest absolute Gasteiger partial charge is 0.491 e. The Labute approximate surface area is 116 Å². The first-order chi connectivity index (χ1) is 9.15. The first kappa shape index (κ1) is 14.4. The van der Waals surface area contributed by atoms with E-state index in [0.29, 0.717) is 13.2 Å². The molecule has 0 bridgehead atoms. The zero-order valence-corrected chi connectivity index (χ0v) is 12.0. The molecule has 2 N–H and O–H groups in total. The molecule has 0 heterocycles. The Kier molecular flexibility index (Phi) is 4.83. The van der Waals surface area contributed by atoms with Crippen molar-refractivity contribution in [2.45, 2.75) is 38.1 Å². The molecule has 1 saturated carbocycles. The van der Waals surface area contributed by atoms with E-state index in [4.69, 9.17) is 15.2 Å². The van der Waals surface area contributed by atoms with E-state index in [1.165, 1.54) is 12.8 Å². The van der Waals surface area contributed by atoms with Crippen molar-refractivity contribution in [3.8, 4) is 5.75 Å². The van der Waals surface area contributed by atoms with E-state index in [-0.39, 0.29) is 5.54 Å². The fourth-order valence-electron chi connectivity index (χ4n) is 2.79. The van der Waals surface area contributed by atoms with Gasteiger partial charge in [0.15, 0.2) is 0 Å². The minimum atomic E-state index is -0.226. The van der Waals surface area contributed by atoms with Crippen LogP contribution in [0.15, 0.2) is 24.3 Å². The maximum Gasteiger partial charge on any atom is 0.124 e. The van der Waals surface area contributed by atoms with Gasteiger partial charge < -0.3 is 15.2 Å². The van der Waals surface area contributed by atoms with Crippen LogP contribution in [0.2, 0.25) is 0 Å². The number of nitrogens with two attached hydrogens (primary N) is 1. The molecule has 0 aliphatic heterocycles. The molecular formula is C16H25NO2. The maximum absolute atomic E-state index is 6.64. The Hall–Kier alpha value is -1.06. The summed E-state index contributed by atoms with van der Waals surface area (Å²) in [6, 6.07) is 8.17. The van der Waals surface area contributed by atoms with Crippen molar-refractivity contribution in [3.63, 3.8) is 0 Å². The van der Waals surface area contributed by atoms with Gasteiger partial charge >= 0.3 is 0 Å². The standard InChI is InChI=1S/C16H25NO2/c1-13-7-9-16(17,10-8-13)14-5-3-4-6-15(14)19-12-11-18-2/h3-6,13H,7-12,17H2,1-2H3. The minimum Gasteiger partial charge on any atom is -0.491 e. The van der Waals surface area contributed by atoms with Gasteiger partial charge in [-0.25, -0.2) is 0 Å². The lowest BCUT2D eigenvalue weighted by Crippen LogP contribution is -2.40. The summed E-state index contributed by atoms with van der Waals surface area (Å²) in [6.45, 7) is 3.48. The Morgan fingerprint density at radius 1 is 1.21 bits per heavy atom. The van der Waals surface area contributed by atoms with Crippen molar-refractivity contribution in [1.29, 1.82) is 0 Å². The summed E-state index contributed by atoms with van der Waals surface area (Å²) in [5.41, 5.74) is 7.56. The van der Waals surface area contributed by atoms with Crippen LogP contribution in [0.4, 0.5) is 0 Å². The molecule has 0 aromatic heterocycles. The number of ether oxygens (including phenoxy) is 2. The zero-order chi connectivity index (χ0) is 13.7. The monoisotopic (exact) mass is 263 g/mol. The van der Waals surface area contributed by atoms with Crippen LogP contribution in [-0.2, 0) is 10.3 Å². The molecule has 106 valence electrons. The van der Waals surface area contributed by atoms with Crippen LogP contribution >= 0.6 is 0 Å². The molecule has 19 heavy (non-hydrogen) atoms. The number of hydrogen-bond donors (Lipinski definition) is 1. The highest BCUT2D eigenvalue weighted by Gasteiger charge is 2.33. The van der Waals surface area contributed by atoms with Gasteiger partial charge in [0, 0.05) is 18.2 Å². The topological polar surface area (TPSA) is 44.5 Å². The lowest BCUT2D eigenvalue weighted by atomic mass is 9.73. The molecule has 1 aromatic rings. The van der Waals surface area contributed by atoms with Crippen molar-refractivity contribution in [3.05, 3.63) is 29.8 Å². The average molecular weight is 263 g/mol. The lowest BCUT2D eigenvalue weighted by Gasteiger charge is -2.37. The average Bonchev–Trinajstić information content (AvgIpc) is 2.43. The highest BCUT2D eigenvalue weighted by molar-refractivity contribution is 5.39. The number of para-hydroxylation sites is 1.